The summed E-state index contributed by atoms with van der Waals surface area (Å²) in [6.07, 6.45) is 1.64. The van der Waals surface area contributed by atoms with Gasteiger partial charge in [0.25, 0.3) is 0 Å². The molecule has 1 aliphatic heterocycles. The van der Waals surface area contributed by atoms with Crippen molar-refractivity contribution in [1.29, 1.82) is 0 Å². The zero-order valence-electron chi connectivity index (χ0n) is 11.5. The van der Waals surface area contributed by atoms with Crippen molar-refractivity contribution in [1.82, 2.24) is 10.2 Å². The number of ketones is 1. The second-order valence-corrected chi connectivity index (χ2v) is 5.08. The topological polar surface area (TPSA) is 86.7 Å². The number of carboxylic acid groups (broad SMARTS) is 1. The molecular weight excluding hydrogens is 248 g/mol. The molecule has 2 atom stereocenters. The van der Waals surface area contributed by atoms with E-state index in [4.69, 9.17) is 5.11 Å². The molecule has 6 heteroatoms. The normalized spacial score (nSPS) is 19.8. The number of carboxylic acids is 1. The minimum Gasteiger partial charge on any atom is -0.480 e. The molecular formula is C13H22N2O4. The number of Topliss-reactive ketones (excluding diaryl/α,β-unsaturated/α-hetero) is 1. The number of hydrogen-bond acceptors (Lipinski definition) is 4. The van der Waals surface area contributed by atoms with Gasteiger partial charge < -0.3 is 10.4 Å². The molecule has 1 heterocycles. The number of piperidine rings is 1. The average molecular weight is 270 g/mol. The number of nitrogens with one attached hydrogen (secondary N) is 1. The largest absolute Gasteiger partial charge is 0.480 e. The third-order valence-corrected chi connectivity index (χ3v) is 3.58. The predicted molar refractivity (Wildman–Crippen MR) is 69.7 cm³/mol. The highest BCUT2D eigenvalue weighted by molar-refractivity contribution is 5.85. The summed E-state index contributed by atoms with van der Waals surface area (Å²) in [4.78, 5) is 35.9. The summed E-state index contributed by atoms with van der Waals surface area (Å²) in [7, 11) is 0. The van der Waals surface area contributed by atoms with Crippen molar-refractivity contribution < 1.29 is 19.5 Å². The minimum atomic E-state index is -1.00. The van der Waals surface area contributed by atoms with Crippen molar-refractivity contribution in [3.8, 4) is 0 Å². The molecule has 19 heavy (non-hydrogen) atoms. The number of aliphatic carboxylic acids is 1. The molecule has 1 amide bonds. The number of nitrogens with zero attached hydrogens (tertiary/aromatic N) is 1. The maximum Gasteiger partial charge on any atom is 0.326 e. The summed E-state index contributed by atoms with van der Waals surface area (Å²) >= 11 is 0. The van der Waals surface area contributed by atoms with Crippen LogP contribution in [-0.4, -0.2) is 53.3 Å². The number of amides is 1. The lowest BCUT2D eigenvalue weighted by Crippen LogP contribution is -2.49. The van der Waals surface area contributed by atoms with Gasteiger partial charge in [0.15, 0.2) is 0 Å². The molecule has 0 aliphatic carbocycles. The second-order valence-electron chi connectivity index (χ2n) is 5.08. The average Bonchev–Trinajstić information content (AvgIpc) is 2.37. The van der Waals surface area contributed by atoms with Gasteiger partial charge in [0.2, 0.25) is 5.91 Å². The fourth-order valence-corrected chi connectivity index (χ4v) is 2.07. The first-order valence-electron chi connectivity index (χ1n) is 6.70. The van der Waals surface area contributed by atoms with Crippen LogP contribution in [-0.2, 0) is 14.4 Å². The van der Waals surface area contributed by atoms with Crippen molar-refractivity contribution in [3.63, 3.8) is 0 Å². The Morgan fingerprint density at radius 1 is 1.37 bits per heavy atom. The highest BCUT2D eigenvalue weighted by Crippen LogP contribution is 2.09. The van der Waals surface area contributed by atoms with E-state index >= 15 is 0 Å². The van der Waals surface area contributed by atoms with Crippen LogP contribution < -0.4 is 5.32 Å². The fourth-order valence-electron chi connectivity index (χ4n) is 2.07. The number of carbonyl (C=O) groups excluding carboxylic acids is 2. The van der Waals surface area contributed by atoms with Crippen LogP contribution in [0.2, 0.25) is 0 Å². The Labute approximate surface area is 113 Å². The zero-order valence-corrected chi connectivity index (χ0v) is 11.5. The Morgan fingerprint density at radius 2 is 1.95 bits per heavy atom. The van der Waals surface area contributed by atoms with Crippen LogP contribution in [0.15, 0.2) is 0 Å². The van der Waals surface area contributed by atoms with E-state index in [1.165, 1.54) is 0 Å². The van der Waals surface area contributed by atoms with Crippen molar-refractivity contribution in [2.24, 2.45) is 5.92 Å². The highest BCUT2D eigenvalue weighted by Gasteiger charge is 2.26. The van der Waals surface area contributed by atoms with E-state index in [9.17, 15) is 14.4 Å². The molecule has 2 unspecified atom stereocenters. The standard InChI is InChI=1S/C13H22N2O4/c1-3-9(2)12(13(18)19)14-11(17)8-15-6-4-10(16)5-7-15/h9,12H,3-8H2,1-2H3,(H,14,17)(H,18,19). The van der Waals surface area contributed by atoms with Crippen LogP contribution in [0.4, 0.5) is 0 Å². The molecule has 0 radical (unpaired) electrons. The zero-order chi connectivity index (χ0) is 14.4. The van der Waals surface area contributed by atoms with E-state index in [-0.39, 0.29) is 24.2 Å². The Bertz CT molecular complexity index is 347. The van der Waals surface area contributed by atoms with E-state index < -0.39 is 12.0 Å². The molecule has 0 spiro atoms. The van der Waals surface area contributed by atoms with Gasteiger partial charge in [0.05, 0.1) is 6.54 Å². The minimum absolute atomic E-state index is 0.107. The molecule has 0 aromatic heterocycles. The van der Waals surface area contributed by atoms with E-state index in [1.54, 1.807) is 6.92 Å². The molecule has 108 valence electrons. The van der Waals surface area contributed by atoms with Gasteiger partial charge in [0.1, 0.15) is 11.8 Å². The number of hydrogen-bond donors (Lipinski definition) is 2. The number of carbonyl (C=O) groups is 3. The molecule has 2 N–H and O–H groups in total. The number of rotatable bonds is 6. The lowest BCUT2D eigenvalue weighted by atomic mass is 9.99. The second kappa shape index (κ2) is 7.23. The summed E-state index contributed by atoms with van der Waals surface area (Å²) < 4.78 is 0. The summed E-state index contributed by atoms with van der Waals surface area (Å²) in [6, 6.07) is -0.844. The quantitative estimate of drug-likeness (QED) is 0.723. The maximum absolute atomic E-state index is 11.8. The lowest BCUT2D eigenvalue weighted by molar-refractivity contribution is -0.143. The molecule has 0 saturated carbocycles. The first kappa shape index (κ1) is 15.6. The van der Waals surface area contributed by atoms with Crippen molar-refractivity contribution in [2.75, 3.05) is 19.6 Å². The van der Waals surface area contributed by atoms with Gasteiger partial charge in [-0.05, 0) is 5.92 Å². The van der Waals surface area contributed by atoms with Crippen LogP contribution in [0, 0.1) is 5.92 Å². The molecule has 0 aromatic carbocycles. The maximum atomic E-state index is 11.8. The third kappa shape index (κ3) is 4.98. The Hall–Kier alpha value is -1.43. The van der Waals surface area contributed by atoms with Gasteiger partial charge in [-0.1, -0.05) is 20.3 Å². The van der Waals surface area contributed by atoms with Gasteiger partial charge in [0, 0.05) is 25.9 Å². The van der Waals surface area contributed by atoms with Crippen LogP contribution in [0.5, 0.6) is 0 Å². The van der Waals surface area contributed by atoms with Gasteiger partial charge in [-0.2, -0.15) is 0 Å². The van der Waals surface area contributed by atoms with Gasteiger partial charge in [-0.15, -0.1) is 0 Å². The Kier molecular flexibility index (Phi) is 5.95. The van der Waals surface area contributed by atoms with E-state index in [0.29, 0.717) is 32.4 Å². The van der Waals surface area contributed by atoms with Crippen molar-refractivity contribution in [2.45, 2.75) is 39.2 Å². The lowest BCUT2D eigenvalue weighted by Gasteiger charge is -2.26. The molecule has 1 rings (SSSR count). The van der Waals surface area contributed by atoms with E-state index in [2.05, 4.69) is 5.32 Å². The van der Waals surface area contributed by atoms with E-state index in [1.807, 2.05) is 11.8 Å². The number of likely N-dealkylation sites (tertiary alicyclic amines) is 1. The molecule has 1 fully saturated rings. The predicted octanol–water partition coefficient (Wildman–Crippen LogP) is 0.267. The molecule has 0 bridgehead atoms. The van der Waals surface area contributed by atoms with Crippen LogP contribution in [0.25, 0.3) is 0 Å². The smallest absolute Gasteiger partial charge is 0.326 e. The summed E-state index contributed by atoms with van der Waals surface area (Å²) in [5, 5.41) is 11.7. The summed E-state index contributed by atoms with van der Waals surface area (Å²) in [6.45, 7) is 5.01. The Balaban J connectivity index is 2.44. The Morgan fingerprint density at radius 3 is 2.42 bits per heavy atom. The summed E-state index contributed by atoms with van der Waals surface area (Å²) in [5.41, 5.74) is 0. The first-order chi connectivity index (χ1) is 8.93. The highest BCUT2D eigenvalue weighted by atomic mass is 16.4. The molecule has 0 aromatic rings. The SMILES string of the molecule is CCC(C)C(NC(=O)CN1CCC(=O)CC1)C(=O)O. The molecule has 1 aliphatic rings. The summed E-state index contributed by atoms with van der Waals surface area (Å²) in [5.74, 6) is -1.18. The third-order valence-electron chi connectivity index (χ3n) is 3.58. The monoisotopic (exact) mass is 270 g/mol. The van der Waals surface area contributed by atoms with Crippen molar-refractivity contribution >= 4 is 17.7 Å². The fraction of sp³-hybridized carbons (Fsp3) is 0.769. The molecule has 1 saturated heterocycles. The molecule has 6 nitrogen and oxygen atoms in total. The van der Waals surface area contributed by atoms with Crippen LogP contribution in [0.3, 0.4) is 0 Å². The van der Waals surface area contributed by atoms with Gasteiger partial charge >= 0.3 is 5.97 Å². The van der Waals surface area contributed by atoms with Gasteiger partial charge in [-0.25, -0.2) is 4.79 Å². The van der Waals surface area contributed by atoms with Crippen LogP contribution >= 0.6 is 0 Å². The van der Waals surface area contributed by atoms with Crippen molar-refractivity contribution in [3.05, 3.63) is 0 Å². The first-order valence-corrected chi connectivity index (χ1v) is 6.70. The van der Waals surface area contributed by atoms with Gasteiger partial charge in [-0.3, -0.25) is 14.5 Å². The van der Waals surface area contributed by atoms with Crippen LogP contribution in [0.1, 0.15) is 33.1 Å². The van der Waals surface area contributed by atoms with E-state index in [0.717, 1.165) is 0 Å².